The fourth-order valence-corrected chi connectivity index (χ4v) is 3.32. The van der Waals surface area contributed by atoms with Gasteiger partial charge in [-0.05, 0) is 31.1 Å². The molecule has 0 unspecified atom stereocenters. The first kappa shape index (κ1) is 16.5. The number of aromatic nitrogens is 2. The van der Waals surface area contributed by atoms with Crippen LogP contribution in [0.1, 0.15) is 18.5 Å². The SMILES string of the molecule is O=C(/C=C/c1c(-c2ccccc2)nc2ccccn12)N1CCC(O)CC1. The lowest BCUT2D eigenvalue weighted by Gasteiger charge is -2.28. The molecule has 4 rings (SSSR count). The van der Waals surface area contributed by atoms with Crippen LogP contribution in [0.5, 0.6) is 0 Å². The van der Waals surface area contributed by atoms with Crippen molar-refractivity contribution < 1.29 is 9.90 Å². The number of pyridine rings is 1. The maximum absolute atomic E-state index is 12.5. The highest BCUT2D eigenvalue weighted by molar-refractivity contribution is 5.93. The Kier molecular flexibility index (Phi) is 4.54. The number of piperidine rings is 1. The summed E-state index contributed by atoms with van der Waals surface area (Å²) in [4.78, 5) is 19.0. The Bertz CT molecular complexity index is 938. The monoisotopic (exact) mass is 347 g/mol. The van der Waals surface area contributed by atoms with E-state index in [2.05, 4.69) is 0 Å². The fraction of sp³-hybridized carbons (Fsp3) is 0.238. The number of benzene rings is 1. The zero-order valence-corrected chi connectivity index (χ0v) is 14.5. The minimum atomic E-state index is -0.286. The van der Waals surface area contributed by atoms with E-state index in [0.29, 0.717) is 25.9 Å². The van der Waals surface area contributed by atoms with E-state index in [0.717, 1.165) is 22.6 Å². The third-order valence-corrected chi connectivity index (χ3v) is 4.77. The van der Waals surface area contributed by atoms with Crippen LogP contribution in [-0.4, -0.2) is 44.5 Å². The molecule has 5 nitrogen and oxygen atoms in total. The van der Waals surface area contributed by atoms with Crippen LogP contribution in [-0.2, 0) is 4.79 Å². The van der Waals surface area contributed by atoms with E-state index in [9.17, 15) is 9.90 Å². The molecule has 1 aromatic carbocycles. The average Bonchev–Trinajstić information content (AvgIpc) is 3.06. The number of nitrogens with zero attached hydrogens (tertiary/aromatic N) is 3. The number of hydrogen-bond acceptors (Lipinski definition) is 3. The van der Waals surface area contributed by atoms with Crippen molar-refractivity contribution in [3.63, 3.8) is 0 Å². The van der Waals surface area contributed by atoms with Gasteiger partial charge in [-0.15, -0.1) is 0 Å². The van der Waals surface area contributed by atoms with Gasteiger partial charge >= 0.3 is 0 Å². The zero-order chi connectivity index (χ0) is 17.9. The number of carbonyl (C=O) groups excluding carboxylic acids is 1. The van der Waals surface area contributed by atoms with Crippen LogP contribution in [0.4, 0.5) is 0 Å². The molecule has 1 amide bonds. The molecule has 1 fully saturated rings. The number of imidazole rings is 1. The van der Waals surface area contributed by atoms with Crippen LogP contribution >= 0.6 is 0 Å². The van der Waals surface area contributed by atoms with Crippen molar-refractivity contribution in [2.45, 2.75) is 18.9 Å². The van der Waals surface area contributed by atoms with E-state index in [1.54, 1.807) is 11.0 Å². The molecular formula is C21H21N3O2. The summed E-state index contributed by atoms with van der Waals surface area (Å²) in [5, 5.41) is 9.60. The van der Waals surface area contributed by atoms with E-state index >= 15 is 0 Å². The number of rotatable bonds is 3. The topological polar surface area (TPSA) is 57.8 Å². The zero-order valence-electron chi connectivity index (χ0n) is 14.5. The molecule has 3 heterocycles. The highest BCUT2D eigenvalue weighted by Crippen LogP contribution is 2.25. The average molecular weight is 347 g/mol. The second-order valence-corrected chi connectivity index (χ2v) is 6.53. The van der Waals surface area contributed by atoms with Crippen molar-refractivity contribution in [1.29, 1.82) is 0 Å². The number of amides is 1. The van der Waals surface area contributed by atoms with Crippen LogP contribution in [0, 0.1) is 0 Å². The van der Waals surface area contributed by atoms with Crippen LogP contribution in [0.15, 0.2) is 60.8 Å². The molecule has 3 aromatic rings. The van der Waals surface area contributed by atoms with Crippen LogP contribution in [0.2, 0.25) is 0 Å². The molecule has 132 valence electrons. The summed E-state index contributed by atoms with van der Waals surface area (Å²) in [6, 6.07) is 15.8. The number of aliphatic hydroxyl groups excluding tert-OH is 1. The van der Waals surface area contributed by atoms with Gasteiger partial charge in [-0.1, -0.05) is 36.4 Å². The Labute approximate surface area is 152 Å². The third-order valence-electron chi connectivity index (χ3n) is 4.77. The van der Waals surface area contributed by atoms with Gasteiger partial charge in [0.05, 0.1) is 17.5 Å². The number of aliphatic hydroxyl groups is 1. The molecule has 1 N–H and O–H groups in total. The minimum absolute atomic E-state index is 0.0261. The lowest BCUT2D eigenvalue weighted by molar-refractivity contribution is -0.127. The third kappa shape index (κ3) is 3.26. The Morgan fingerprint density at radius 2 is 1.81 bits per heavy atom. The van der Waals surface area contributed by atoms with Gasteiger partial charge in [0.25, 0.3) is 0 Å². The lowest BCUT2D eigenvalue weighted by Crippen LogP contribution is -2.39. The molecule has 5 heteroatoms. The molecule has 26 heavy (non-hydrogen) atoms. The quantitative estimate of drug-likeness (QED) is 0.741. The maximum atomic E-state index is 12.5. The van der Waals surface area contributed by atoms with Crippen LogP contribution < -0.4 is 0 Å². The predicted octanol–water partition coefficient (Wildman–Crippen LogP) is 3.00. The fourth-order valence-electron chi connectivity index (χ4n) is 3.32. The van der Waals surface area contributed by atoms with Gasteiger partial charge in [0.1, 0.15) is 5.65 Å². The van der Waals surface area contributed by atoms with Crippen molar-refractivity contribution in [2.24, 2.45) is 0 Å². The lowest BCUT2D eigenvalue weighted by atomic mass is 10.1. The first-order chi connectivity index (χ1) is 12.7. The summed E-state index contributed by atoms with van der Waals surface area (Å²) in [7, 11) is 0. The smallest absolute Gasteiger partial charge is 0.246 e. The molecule has 1 aliphatic rings. The van der Waals surface area contributed by atoms with Gasteiger partial charge in [0.15, 0.2) is 0 Å². The molecule has 0 aliphatic carbocycles. The number of fused-ring (bicyclic) bond motifs is 1. The summed E-state index contributed by atoms with van der Waals surface area (Å²) >= 11 is 0. The van der Waals surface area contributed by atoms with Crippen molar-refractivity contribution in [3.05, 3.63) is 66.5 Å². The highest BCUT2D eigenvalue weighted by atomic mass is 16.3. The van der Waals surface area contributed by atoms with Gasteiger partial charge in [-0.2, -0.15) is 0 Å². The molecule has 0 bridgehead atoms. The van der Waals surface area contributed by atoms with Crippen molar-refractivity contribution >= 4 is 17.6 Å². The predicted molar refractivity (Wildman–Crippen MR) is 101 cm³/mol. The summed E-state index contributed by atoms with van der Waals surface area (Å²) in [6.07, 6.45) is 6.41. The highest BCUT2D eigenvalue weighted by Gasteiger charge is 2.20. The van der Waals surface area contributed by atoms with Gasteiger partial charge in [0.2, 0.25) is 5.91 Å². The van der Waals surface area contributed by atoms with Gasteiger partial charge < -0.3 is 10.0 Å². The van der Waals surface area contributed by atoms with E-state index in [-0.39, 0.29) is 12.0 Å². The van der Waals surface area contributed by atoms with Crippen LogP contribution in [0.3, 0.4) is 0 Å². The first-order valence-corrected chi connectivity index (χ1v) is 8.90. The molecule has 0 saturated carbocycles. The Hall–Kier alpha value is -2.92. The Morgan fingerprint density at radius 1 is 1.08 bits per heavy atom. The van der Waals surface area contributed by atoms with Crippen molar-refractivity contribution in [1.82, 2.24) is 14.3 Å². The van der Waals surface area contributed by atoms with Crippen LogP contribution in [0.25, 0.3) is 23.0 Å². The molecule has 0 spiro atoms. The van der Waals surface area contributed by atoms with Crippen molar-refractivity contribution in [2.75, 3.05) is 13.1 Å². The second kappa shape index (κ2) is 7.14. The summed E-state index contributed by atoms with van der Waals surface area (Å²) in [5.41, 5.74) is 3.61. The second-order valence-electron chi connectivity index (χ2n) is 6.53. The molecule has 1 saturated heterocycles. The Morgan fingerprint density at radius 3 is 2.58 bits per heavy atom. The number of hydrogen-bond donors (Lipinski definition) is 1. The molecule has 0 radical (unpaired) electrons. The van der Waals surface area contributed by atoms with Gasteiger partial charge in [0, 0.05) is 30.9 Å². The Balaban J connectivity index is 1.68. The number of likely N-dealkylation sites (tertiary alicyclic amines) is 1. The molecular weight excluding hydrogens is 326 g/mol. The maximum Gasteiger partial charge on any atom is 0.246 e. The molecule has 1 aliphatic heterocycles. The van der Waals surface area contributed by atoms with E-state index in [4.69, 9.17) is 4.98 Å². The first-order valence-electron chi connectivity index (χ1n) is 8.90. The molecule has 0 atom stereocenters. The van der Waals surface area contributed by atoms with E-state index in [1.807, 2.05) is 65.2 Å². The van der Waals surface area contributed by atoms with Gasteiger partial charge in [-0.3, -0.25) is 9.20 Å². The normalized spacial score (nSPS) is 15.8. The molecule has 2 aromatic heterocycles. The standard InChI is InChI=1S/C21H21N3O2/c25-17-11-14-23(15-12-17)20(26)10-9-18-21(16-6-2-1-3-7-16)22-19-8-4-5-13-24(18)19/h1-10,13,17,25H,11-12,14-15H2/b10-9+. The summed E-state index contributed by atoms with van der Waals surface area (Å²) < 4.78 is 1.99. The summed E-state index contributed by atoms with van der Waals surface area (Å²) in [5.74, 6) is -0.0261. The summed E-state index contributed by atoms with van der Waals surface area (Å²) in [6.45, 7) is 1.20. The number of carbonyl (C=O) groups is 1. The van der Waals surface area contributed by atoms with Gasteiger partial charge in [-0.25, -0.2) is 4.98 Å². The van der Waals surface area contributed by atoms with E-state index < -0.39 is 0 Å². The minimum Gasteiger partial charge on any atom is -0.393 e. The van der Waals surface area contributed by atoms with E-state index in [1.165, 1.54) is 0 Å². The largest absolute Gasteiger partial charge is 0.393 e. The van der Waals surface area contributed by atoms with Crippen molar-refractivity contribution in [3.8, 4) is 11.3 Å².